The summed E-state index contributed by atoms with van der Waals surface area (Å²) in [6.07, 6.45) is 2.47. The maximum absolute atomic E-state index is 12.2. The van der Waals surface area contributed by atoms with Crippen molar-refractivity contribution in [2.45, 2.75) is 12.8 Å². The number of ether oxygens (including phenoxy) is 1. The Morgan fingerprint density at radius 1 is 1.03 bits per heavy atom. The van der Waals surface area contributed by atoms with Gasteiger partial charge in [0.15, 0.2) is 0 Å². The summed E-state index contributed by atoms with van der Waals surface area (Å²) >= 11 is 11.9. The highest BCUT2D eigenvalue weighted by Gasteiger charge is 2.09. The number of rotatable bonds is 8. The number of aromatic nitrogens is 1. The molecule has 0 unspecified atom stereocenters. The van der Waals surface area contributed by atoms with Gasteiger partial charge in [0, 0.05) is 23.2 Å². The van der Waals surface area contributed by atoms with Gasteiger partial charge in [-0.1, -0.05) is 59.6 Å². The number of hydrogen-bond donors (Lipinski definition) is 1. The Morgan fingerprint density at radius 3 is 2.55 bits per heavy atom. The summed E-state index contributed by atoms with van der Waals surface area (Å²) in [5.74, 6) is 0.330. The fraction of sp³-hybridized carbons (Fsp3) is 0.136. The van der Waals surface area contributed by atoms with Crippen LogP contribution in [0.5, 0.6) is 5.75 Å². The zero-order chi connectivity index (χ0) is 20.5. The van der Waals surface area contributed by atoms with Gasteiger partial charge < -0.3 is 4.74 Å². The van der Waals surface area contributed by atoms with Crippen molar-refractivity contribution < 1.29 is 9.53 Å². The van der Waals surface area contributed by atoms with Crippen LogP contribution >= 0.6 is 23.2 Å². The van der Waals surface area contributed by atoms with E-state index in [4.69, 9.17) is 27.9 Å². The van der Waals surface area contributed by atoms with E-state index in [9.17, 15) is 4.79 Å². The van der Waals surface area contributed by atoms with E-state index < -0.39 is 0 Å². The average Bonchev–Trinajstić information content (AvgIpc) is 2.74. The lowest BCUT2D eigenvalue weighted by Gasteiger charge is -2.09. The lowest BCUT2D eigenvalue weighted by molar-refractivity contribution is -0.121. The number of nitrogens with zero attached hydrogens (tertiary/aromatic N) is 2. The molecule has 0 radical (unpaired) electrons. The molecule has 0 atom stereocenters. The maximum atomic E-state index is 12.2. The molecule has 0 aliphatic carbocycles. The van der Waals surface area contributed by atoms with Gasteiger partial charge in [-0.25, -0.2) is 5.43 Å². The van der Waals surface area contributed by atoms with Crippen LogP contribution in [0.1, 0.15) is 24.1 Å². The first-order valence-electron chi connectivity index (χ1n) is 9.04. The Morgan fingerprint density at radius 2 is 1.83 bits per heavy atom. The molecular weight excluding hydrogens is 409 g/mol. The van der Waals surface area contributed by atoms with Crippen molar-refractivity contribution >= 4 is 34.8 Å². The normalized spacial score (nSPS) is 11.2. The minimum atomic E-state index is -0.208. The smallest absolute Gasteiger partial charge is 0.240 e. The van der Waals surface area contributed by atoms with Crippen LogP contribution < -0.4 is 10.2 Å². The van der Waals surface area contributed by atoms with Gasteiger partial charge in [0.25, 0.3) is 0 Å². The van der Waals surface area contributed by atoms with Crippen molar-refractivity contribution in [1.82, 2.24) is 10.4 Å². The molecule has 7 heteroatoms. The standard InChI is InChI=1S/C22H19Cl2N3O2/c23-17-11-12-20(18(24)15-17)29-14-6-10-21(28)26-27-22(16-7-2-1-3-8-16)19-9-4-5-13-25-19/h1-5,7-9,11-13,15H,6,10,14H2,(H,26,28)/b27-22+. The molecule has 5 nitrogen and oxygen atoms in total. The SMILES string of the molecule is O=C(CCCOc1ccc(Cl)cc1Cl)N/N=C(\c1ccccc1)c1ccccn1. The predicted octanol–water partition coefficient (Wildman–Crippen LogP) is 5.12. The summed E-state index contributed by atoms with van der Waals surface area (Å²) in [5, 5.41) is 5.29. The predicted molar refractivity (Wildman–Crippen MR) is 116 cm³/mol. The Hall–Kier alpha value is -2.89. The van der Waals surface area contributed by atoms with E-state index in [1.54, 1.807) is 24.4 Å². The molecule has 1 heterocycles. The zero-order valence-electron chi connectivity index (χ0n) is 15.5. The summed E-state index contributed by atoms with van der Waals surface area (Å²) in [6.45, 7) is 0.351. The van der Waals surface area contributed by atoms with Gasteiger partial charge in [0.2, 0.25) is 5.91 Å². The Kier molecular flexibility index (Phi) is 7.61. The zero-order valence-corrected chi connectivity index (χ0v) is 17.0. The first-order valence-corrected chi connectivity index (χ1v) is 9.80. The summed E-state index contributed by atoms with van der Waals surface area (Å²) < 4.78 is 5.59. The third-order valence-corrected chi connectivity index (χ3v) is 4.48. The van der Waals surface area contributed by atoms with Gasteiger partial charge in [-0.15, -0.1) is 0 Å². The van der Waals surface area contributed by atoms with E-state index in [-0.39, 0.29) is 12.3 Å². The van der Waals surface area contributed by atoms with Crippen LogP contribution in [0, 0.1) is 0 Å². The number of nitrogens with one attached hydrogen (secondary N) is 1. The molecule has 0 bridgehead atoms. The Balaban J connectivity index is 1.56. The second-order valence-corrected chi connectivity index (χ2v) is 6.95. The largest absolute Gasteiger partial charge is 0.492 e. The fourth-order valence-corrected chi connectivity index (χ4v) is 3.01. The quantitative estimate of drug-likeness (QED) is 0.308. The number of halogens is 2. The minimum absolute atomic E-state index is 0.208. The van der Waals surface area contributed by atoms with Crippen LogP contribution in [0.4, 0.5) is 0 Å². The molecule has 1 amide bonds. The first kappa shape index (κ1) is 20.8. The van der Waals surface area contributed by atoms with E-state index in [0.717, 1.165) is 5.56 Å². The van der Waals surface area contributed by atoms with E-state index in [2.05, 4.69) is 15.5 Å². The molecule has 0 aliphatic rings. The maximum Gasteiger partial charge on any atom is 0.240 e. The number of amides is 1. The number of pyridine rings is 1. The van der Waals surface area contributed by atoms with Crippen LogP contribution in [-0.2, 0) is 4.79 Å². The molecule has 3 aromatic rings. The van der Waals surface area contributed by atoms with Gasteiger partial charge in [0.05, 0.1) is 17.3 Å². The van der Waals surface area contributed by atoms with Crippen LogP contribution in [-0.4, -0.2) is 23.2 Å². The van der Waals surface area contributed by atoms with Crippen molar-refractivity contribution in [3.05, 3.63) is 94.2 Å². The number of hydrogen-bond acceptors (Lipinski definition) is 4. The first-order chi connectivity index (χ1) is 14.1. The lowest BCUT2D eigenvalue weighted by Crippen LogP contribution is -2.21. The summed E-state index contributed by atoms with van der Waals surface area (Å²) in [6, 6.07) is 20.2. The molecule has 148 valence electrons. The van der Waals surface area contributed by atoms with Crippen molar-refractivity contribution in [3.8, 4) is 5.75 Å². The molecule has 1 N–H and O–H groups in total. The molecule has 0 fully saturated rings. The average molecular weight is 428 g/mol. The highest BCUT2D eigenvalue weighted by atomic mass is 35.5. The summed E-state index contributed by atoms with van der Waals surface area (Å²) in [7, 11) is 0. The summed E-state index contributed by atoms with van der Waals surface area (Å²) in [5.41, 5.74) is 4.76. The molecule has 0 saturated carbocycles. The highest BCUT2D eigenvalue weighted by molar-refractivity contribution is 6.35. The Bertz CT molecular complexity index is 938. The van der Waals surface area contributed by atoms with Crippen LogP contribution in [0.2, 0.25) is 10.0 Å². The van der Waals surface area contributed by atoms with Crippen molar-refractivity contribution in [2.75, 3.05) is 6.61 Å². The van der Waals surface area contributed by atoms with Crippen molar-refractivity contribution in [3.63, 3.8) is 0 Å². The molecule has 0 spiro atoms. The van der Waals surface area contributed by atoms with Crippen molar-refractivity contribution in [1.29, 1.82) is 0 Å². The van der Waals surface area contributed by atoms with E-state index in [1.807, 2.05) is 48.5 Å². The second-order valence-electron chi connectivity index (χ2n) is 6.10. The van der Waals surface area contributed by atoms with Gasteiger partial charge in [-0.2, -0.15) is 5.10 Å². The monoisotopic (exact) mass is 427 g/mol. The number of benzene rings is 2. The van der Waals surface area contributed by atoms with Gasteiger partial charge in [-0.05, 0) is 36.8 Å². The topological polar surface area (TPSA) is 63.6 Å². The lowest BCUT2D eigenvalue weighted by atomic mass is 10.1. The van der Waals surface area contributed by atoms with E-state index in [0.29, 0.717) is 40.2 Å². The molecule has 2 aromatic carbocycles. The second kappa shape index (κ2) is 10.6. The minimum Gasteiger partial charge on any atom is -0.492 e. The molecule has 0 aliphatic heterocycles. The van der Waals surface area contributed by atoms with E-state index in [1.165, 1.54) is 0 Å². The number of hydrazone groups is 1. The number of carbonyl (C=O) groups is 1. The van der Waals surface area contributed by atoms with Crippen LogP contribution in [0.15, 0.2) is 78.0 Å². The van der Waals surface area contributed by atoms with Gasteiger partial charge in [-0.3, -0.25) is 9.78 Å². The van der Waals surface area contributed by atoms with Crippen LogP contribution in [0.25, 0.3) is 0 Å². The van der Waals surface area contributed by atoms with Crippen LogP contribution in [0.3, 0.4) is 0 Å². The highest BCUT2D eigenvalue weighted by Crippen LogP contribution is 2.27. The van der Waals surface area contributed by atoms with Gasteiger partial charge >= 0.3 is 0 Å². The molecule has 29 heavy (non-hydrogen) atoms. The number of carbonyl (C=O) groups excluding carboxylic acids is 1. The van der Waals surface area contributed by atoms with Gasteiger partial charge in [0.1, 0.15) is 11.5 Å². The third-order valence-electron chi connectivity index (χ3n) is 3.95. The fourth-order valence-electron chi connectivity index (χ4n) is 2.55. The molecule has 3 rings (SSSR count). The summed E-state index contributed by atoms with van der Waals surface area (Å²) in [4.78, 5) is 16.5. The van der Waals surface area contributed by atoms with Crippen molar-refractivity contribution in [2.24, 2.45) is 5.10 Å². The van der Waals surface area contributed by atoms with E-state index >= 15 is 0 Å². The third kappa shape index (κ3) is 6.31. The Labute approximate surface area is 179 Å². The molecular formula is C22H19Cl2N3O2. The molecule has 0 saturated heterocycles. The molecule has 1 aromatic heterocycles.